The van der Waals surface area contributed by atoms with E-state index in [1.807, 2.05) is 51.1 Å². The number of hydrogen-bond donors (Lipinski definition) is 0. The predicted molar refractivity (Wildman–Crippen MR) is 80.3 cm³/mol. The first-order valence-corrected chi connectivity index (χ1v) is 7.19. The van der Waals surface area contributed by atoms with Gasteiger partial charge in [-0.3, -0.25) is 4.79 Å². The highest BCUT2D eigenvalue weighted by Crippen LogP contribution is 2.25. The molecule has 1 unspecified atom stereocenters. The Bertz CT molecular complexity index is 328. The molecule has 0 saturated heterocycles. The van der Waals surface area contributed by atoms with Crippen molar-refractivity contribution in [2.75, 3.05) is 0 Å². The lowest BCUT2D eigenvalue weighted by molar-refractivity contribution is -0.118. The van der Waals surface area contributed by atoms with Gasteiger partial charge in [0.05, 0.1) is 0 Å². The second-order valence-electron chi connectivity index (χ2n) is 4.12. The first-order valence-electron chi connectivity index (χ1n) is 6.39. The van der Waals surface area contributed by atoms with Crippen molar-refractivity contribution in [3.63, 3.8) is 0 Å². The second-order valence-corrected chi connectivity index (χ2v) is 5.79. The van der Waals surface area contributed by atoms with Gasteiger partial charge in [-0.2, -0.15) is 0 Å². The van der Waals surface area contributed by atoms with Gasteiger partial charge < -0.3 is 4.74 Å². The first kappa shape index (κ1) is 17.2. The van der Waals surface area contributed by atoms with Crippen LogP contribution in [-0.4, -0.2) is 10.3 Å². The van der Waals surface area contributed by atoms with Crippen LogP contribution in [0.5, 0.6) is 5.75 Å². The van der Waals surface area contributed by atoms with Crippen LogP contribution in [0.25, 0.3) is 0 Å². The summed E-state index contributed by atoms with van der Waals surface area (Å²) in [6.45, 7) is 7.86. The number of rotatable bonds is 5. The smallest absolute Gasteiger partial charge is 0.160 e. The molecular formula is C15H23BrO2. The molecule has 0 aliphatic rings. The molecule has 0 fully saturated rings. The molecule has 0 aromatic heterocycles. The van der Waals surface area contributed by atoms with Crippen LogP contribution in [0.15, 0.2) is 30.3 Å². The molecule has 2 nitrogen and oxygen atoms in total. The normalized spacial score (nSPS) is 12.9. The highest BCUT2D eigenvalue weighted by Gasteiger charge is 2.18. The van der Waals surface area contributed by atoms with Crippen molar-refractivity contribution in [2.45, 2.75) is 51.5 Å². The maximum atomic E-state index is 10.2. The van der Waals surface area contributed by atoms with E-state index in [4.69, 9.17) is 4.74 Å². The fourth-order valence-corrected chi connectivity index (χ4v) is 1.24. The zero-order valence-electron chi connectivity index (χ0n) is 11.7. The van der Waals surface area contributed by atoms with Gasteiger partial charge in [0.2, 0.25) is 0 Å². The number of carbonyl (C=O) groups is 1. The third-order valence-corrected chi connectivity index (χ3v) is 3.22. The molecule has 18 heavy (non-hydrogen) atoms. The van der Waals surface area contributed by atoms with E-state index in [2.05, 4.69) is 22.9 Å². The van der Waals surface area contributed by atoms with Gasteiger partial charge in [0.1, 0.15) is 11.5 Å². The molecule has 1 aromatic rings. The number of ketones is 1. The lowest BCUT2D eigenvalue weighted by Crippen LogP contribution is -2.22. The highest BCUT2D eigenvalue weighted by atomic mass is 79.9. The van der Waals surface area contributed by atoms with Crippen LogP contribution in [0.2, 0.25) is 0 Å². The van der Waals surface area contributed by atoms with Crippen LogP contribution < -0.4 is 4.74 Å². The van der Waals surface area contributed by atoms with Crippen molar-refractivity contribution >= 4 is 21.7 Å². The Morgan fingerprint density at radius 2 is 1.67 bits per heavy atom. The molecule has 0 aliphatic heterocycles. The van der Waals surface area contributed by atoms with Crippen molar-refractivity contribution in [1.82, 2.24) is 0 Å². The second kappa shape index (κ2) is 9.15. The maximum absolute atomic E-state index is 10.2. The molecule has 0 N–H and O–H groups in total. The Labute approximate surface area is 119 Å². The SMILES string of the molecule is CCC(=O)CC.CCC(C)(Br)Oc1ccccc1. The van der Waals surface area contributed by atoms with Gasteiger partial charge in [-0.05, 0) is 41.4 Å². The highest BCUT2D eigenvalue weighted by molar-refractivity contribution is 9.10. The Balaban J connectivity index is 0.000000411. The minimum absolute atomic E-state index is 0.242. The minimum atomic E-state index is -0.242. The van der Waals surface area contributed by atoms with Crippen LogP contribution in [0.4, 0.5) is 0 Å². The minimum Gasteiger partial charge on any atom is -0.476 e. The van der Waals surface area contributed by atoms with E-state index in [0.29, 0.717) is 18.6 Å². The van der Waals surface area contributed by atoms with Gasteiger partial charge in [-0.25, -0.2) is 0 Å². The molecule has 1 aromatic carbocycles. The lowest BCUT2D eigenvalue weighted by atomic mass is 10.3. The van der Waals surface area contributed by atoms with Gasteiger partial charge in [-0.1, -0.05) is 39.0 Å². The molecule has 1 rings (SSSR count). The molecule has 0 saturated carbocycles. The summed E-state index contributed by atoms with van der Waals surface area (Å²) in [4.78, 5) is 10.2. The summed E-state index contributed by atoms with van der Waals surface area (Å²) in [5.74, 6) is 1.24. The molecule has 1 atom stereocenters. The van der Waals surface area contributed by atoms with E-state index in [-0.39, 0.29) is 4.51 Å². The van der Waals surface area contributed by atoms with E-state index in [0.717, 1.165) is 12.2 Å². The van der Waals surface area contributed by atoms with Crippen LogP contribution in [0, 0.1) is 0 Å². The van der Waals surface area contributed by atoms with E-state index < -0.39 is 0 Å². The fraction of sp³-hybridized carbons (Fsp3) is 0.533. The summed E-state index contributed by atoms with van der Waals surface area (Å²) < 4.78 is 5.43. The Kier molecular flexibility index (Phi) is 8.73. The average Bonchev–Trinajstić information content (AvgIpc) is 2.39. The largest absolute Gasteiger partial charge is 0.476 e. The molecular weight excluding hydrogens is 292 g/mol. The Morgan fingerprint density at radius 3 is 2.00 bits per heavy atom. The van der Waals surface area contributed by atoms with Gasteiger partial charge >= 0.3 is 0 Å². The Hall–Kier alpha value is -0.830. The summed E-state index contributed by atoms with van der Waals surface area (Å²) in [7, 11) is 0. The van der Waals surface area contributed by atoms with E-state index in [1.165, 1.54) is 0 Å². The van der Waals surface area contributed by atoms with Crippen molar-refractivity contribution in [2.24, 2.45) is 0 Å². The van der Waals surface area contributed by atoms with E-state index >= 15 is 0 Å². The number of alkyl halides is 1. The molecule has 0 spiro atoms. The summed E-state index contributed by atoms with van der Waals surface area (Å²) in [5, 5.41) is 0. The number of benzene rings is 1. The van der Waals surface area contributed by atoms with Crippen LogP contribution in [0.1, 0.15) is 47.0 Å². The van der Waals surface area contributed by atoms with Crippen LogP contribution >= 0.6 is 15.9 Å². The average molecular weight is 315 g/mol. The monoisotopic (exact) mass is 314 g/mol. The third kappa shape index (κ3) is 8.29. The molecule has 0 radical (unpaired) electrons. The maximum Gasteiger partial charge on any atom is 0.160 e. The predicted octanol–water partition coefficient (Wildman–Crippen LogP) is 4.96. The number of carbonyl (C=O) groups excluding carboxylic acids is 1. The molecule has 0 heterocycles. The summed E-state index contributed by atoms with van der Waals surface area (Å²) in [6, 6.07) is 9.82. The molecule has 0 bridgehead atoms. The number of para-hydroxylation sites is 1. The van der Waals surface area contributed by atoms with Gasteiger partial charge in [-0.15, -0.1) is 0 Å². The zero-order valence-corrected chi connectivity index (χ0v) is 13.3. The first-order chi connectivity index (χ1) is 8.45. The number of Topliss-reactive ketones (excluding diaryl/α,β-unsaturated/α-hetero) is 1. The van der Waals surface area contributed by atoms with Crippen LogP contribution in [0.3, 0.4) is 0 Å². The number of hydrogen-bond acceptors (Lipinski definition) is 2. The van der Waals surface area contributed by atoms with Crippen molar-refractivity contribution in [3.8, 4) is 5.75 Å². The molecule has 0 aliphatic carbocycles. The number of ether oxygens (including phenoxy) is 1. The van der Waals surface area contributed by atoms with Gasteiger partial charge in [0.15, 0.2) is 4.51 Å². The third-order valence-electron chi connectivity index (χ3n) is 2.49. The topological polar surface area (TPSA) is 26.3 Å². The summed E-state index contributed by atoms with van der Waals surface area (Å²) >= 11 is 3.50. The van der Waals surface area contributed by atoms with E-state index in [1.54, 1.807) is 0 Å². The van der Waals surface area contributed by atoms with Crippen molar-refractivity contribution in [1.29, 1.82) is 0 Å². The Morgan fingerprint density at radius 1 is 1.17 bits per heavy atom. The summed E-state index contributed by atoms with van der Waals surface area (Å²) in [5.41, 5.74) is 0. The van der Waals surface area contributed by atoms with Gasteiger partial charge in [0, 0.05) is 12.8 Å². The zero-order chi connectivity index (χ0) is 14.0. The van der Waals surface area contributed by atoms with Gasteiger partial charge in [0.25, 0.3) is 0 Å². The van der Waals surface area contributed by atoms with Crippen molar-refractivity contribution in [3.05, 3.63) is 30.3 Å². The number of halogens is 1. The fourth-order valence-electron chi connectivity index (χ4n) is 1.06. The lowest BCUT2D eigenvalue weighted by Gasteiger charge is -2.22. The molecule has 3 heteroatoms. The van der Waals surface area contributed by atoms with Crippen LogP contribution in [-0.2, 0) is 4.79 Å². The molecule has 102 valence electrons. The molecule has 0 amide bonds. The summed E-state index contributed by atoms with van der Waals surface area (Å²) in [6.07, 6.45) is 2.31. The van der Waals surface area contributed by atoms with Crippen molar-refractivity contribution < 1.29 is 9.53 Å². The quantitative estimate of drug-likeness (QED) is 0.718. The van der Waals surface area contributed by atoms with E-state index in [9.17, 15) is 4.79 Å². The standard InChI is InChI=1S/C10H13BrO.C5H10O/c1-3-10(2,11)12-9-7-5-4-6-8-9;1-3-5(6)4-2/h4-8H,3H2,1-2H3;3-4H2,1-2H3.